The van der Waals surface area contributed by atoms with Crippen LogP contribution >= 0.6 is 15.9 Å². The van der Waals surface area contributed by atoms with Crippen LogP contribution in [0, 0.1) is 19.7 Å². The number of rotatable bonds is 4. The highest BCUT2D eigenvalue weighted by Gasteiger charge is 2.16. The zero-order valence-corrected chi connectivity index (χ0v) is 14.2. The maximum Gasteiger partial charge on any atom is 0.265 e. The number of aryl methyl sites for hydroxylation is 2. The standard InChI is InChI=1S/C17H17BrFNO2/c1-10-6-11(2)8-14(7-10)20-17(21)12(3)22-16-5-4-13(19)9-15(16)18/h4-9,12H,1-3H3,(H,20,21). The smallest absolute Gasteiger partial charge is 0.265 e. The molecule has 0 saturated heterocycles. The second-order valence-electron chi connectivity index (χ2n) is 5.20. The highest BCUT2D eigenvalue weighted by molar-refractivity contribution is 9.10. The van der Waals surface area contributed by atoms with Gasteiger partial charge in [0.1, 0.15) is 11.6 Å². The number of hydrogen-bond donors (Lipinski definition) is 1. The summed E-state index contributed by atoms with van der Waals surface area (Å²) < 4.78 is 19.1. The van der Waals surface area contributed by atoms with Gasteiger partial charge in [-0.15, -0.1) is 0 Å². The van der Waals surface area contributed by atoms with Crippen molar-refractivity contribution < 1.29 is 13.9 Å². The van der Waals surface area contributed by atoms with Crippen LogP contribution in [0.25, 0.3) is 0 Å². The van der Waals surface area contributed by atoms with Crippen LogP contribution in [0.4, 0.5) is 10.1 Å². The van der Waals surface area contributed by atoms with Gasteiger partial charge in [-0.2, -0.15) is 0 Å². The van der Waals surface area contributed by atoms with E-state index >= 15 is 0 Å². The molecule has 22 heavy (non-hydrogen) atoms. The van der Waals surface area contributed by atoms with Crippen molar-refractivity contribution in [2.75, 3.05) is 5.32 Å². The molecule has 116 valence electrons. The van der Waals surface area contributed by atoms with Gasteiger partial charge in [0.25, 0.3) is 5.91 Å². The molecule has 2 aromatic carbocycles. The lowest BCUT2D eigenvalue weighted by atomic mass is 10.1. The van der Waals surface area contributed by atoms with Gasteiger partial charge in [-0.3, -0.25) is 4.79 Å². The van der Waals surface area contributed by atoms with E-state index in [1.165, 1.54) is 18.2 Å². The summed E-state index contributed by atoms with van der Waals surface area (Å²) in [5, 5.41) is 2.82. The van der Waals surface area contributed by atoms with Crippen molar-refractivity contribution in [1.82, 2.24) is 0 Å². The van der Waals surface area contributed by atoms with Crippen molar-refractivity contribution in [3.05, 3.63) is 57.8 Å². The second kappa shape index (κ2) is 6.92. The van der Waals surface area contributed by atoms with Crippen LogP contribution in [-0.2, 0) is 4.79 Å². The van der Waals surface area contributed by atoms with Crippen molar-refractivity contribution in [3.8, 4) is 5.75 Å². The van der Waals surface area contributed by atoms with Gasteiger partial charge < -0.3 is 10.1 Å². The molecule has 0 bridgehead atoms. The fraction of sp³-hybridized carbons (Fsp3) is 0.235. The summed E-state index contributed by atoms with van der Waals surface area (Å²) in [7, 11) is 0. The van der Waals surface area contributed by atoms with E-state index in [0.29, 0.717) is 10.2 Å². The minimum Gasteiger partial charge on any atom is -0.480 e. The number of carbonyl (C=O) groups is 1. The molecule has 0 aliphatic carbocycles. The van der Waals surface area contributed by atoms with Crippen LogP contribution in [0.1, 0.15) is 18.1 Å². The van der Waals surface area contributed by atoms with E-state index in [-0.39, 0.29) is 11.7 Å². The van der Waals surface area contributed by atoms with Crippen LogP contribution in [-0.4, -0.2) is 12.0 Å². The number of nitrogens with one attached hydrogen (secondary N) is 1. The maximum absolute atomic E-state index is 13.0. The number of anilines is 1. The average Bonchev–Trinajstić information content (AvgIpc) is 2.40. The monoisotopic (exact) mass is 365 g/mol. The number of ether oxygens (including phenoxy) is 1. The summed E-state index contributed by atoms with van der Waals surface area (Å²) in [4.78, 5) is 12.2. The number of hydrogen-bond acceptors (Lipinski definition) is 2. The Morgan fingerprint density at radius 3 is 2.41 bits per heavy atom. The summed E-state index contributed by atoms with van der Waals surface area (Å²) in [6, 6.07) is 9.89. The van der Waals surface area contributed by atoms with E-state index in [0.717, 1.165) is 16.8 Å². The Bertz CT molecular complexity index is 683. The van der Waals surface area contributed by atoms with Crippen molar-refractivity contribution in [2.45, 2.75) is 26.9 Å². The van der Waals surface area contributed by atoms with Gasteiger partial charge in [-0.1, -0.05) is 6.07 Å². The van der Waals surface area contributed by atoms with E-state index in [9.17, 15) is 9.18 Å². The highest BCUT2D eigenvalue weighted by atomic mass is 79.9. The normalized spacial score (nSPS) is 11.9. The number of halogens is 2. The SMILES string of the molecule is Cc1cc(C)cc(NC(=O)C(C)Oc2ccc(F)cc2Br)c1. The van der Waals surface area contributed by atoms with Gasteiger partial charge in [0.15, 0.2) is 6.10 Å². The Labute approximate surface area is 137 Å². The minimum absolute atomic E-state index is 0.263. The fourth-order valence-electron chi connectivity index (χ4n) is 2.11. The van der Waals surface area contributed by atoms with Crippen LogP contribution in [0.2, 0.25) is 0 Å². The molecule has 1 atom stereocenters. The lowest BCUT2D eigenvalue weighted by molar-refractivity contribution is -0.122. The third-order valence-corrected chi connectivity index (χ3v) is 3.68. The lowest BCUT2D eigenvalue weighted by Gasteiger charge is -2.16. The number of benzene rings is 2. The summed E-state index contributed by atoms with van der Waals surface area (Å²) >= 11 is 3.21. The van der Waals surface area contributed by atoms with Gasteiger partial charge in [0, 0.05) is 5.69 Å². The highest BCUT2D eigenvalue weighted by Crippen LogP contribution is 2.26. The van der Waals surface area contributed by atoms with Gasteiger partial charge >= 0.3 is 0 Å². The van der Waals surface area contributed by atoms with E-state index in [1.54, 1.807) is 6.92 Å². The van der Waals surface area contributed by atoms with Gasteiger partial charge in [0.05, 0.1) is 4.47 Å². The molecule has 0 spiro atoms. The summed E-state index contributed by atoms with van der Waals surface area (Å²) in [6.45, 7) is 5.59. The molecule has 0 aromatic heterocycles. The molecule has 0 saturated carbocycles. The molecular weight excluding hydrogens is 349 g/mol. The first-order valence-electron chi connectivity index (χ1n) is 6.86. The maximum atomic E-state index is 13.0. The summed E-state index contributed by atoms with van der Waals surface area (Å²) in [5.41, 5.74) is 2.88. The van der Waals surface area contributed by atoms with Crippen molar-refractivity contribution in [2.24, 2.45) is 0 Å². The molecule has 1 amide bonds. The van der Waals surface area contributed by atoms with Crippen LogP contribution in [0.5, 0.6) is 5.75 Å². The van der Waals surface area contributed by atoms with E-state index in [1.807, 2.05) is 32.0 Å². The molecule has 3 nitrogen and oxygen atoms in total. The molecule has 0 fully saturated rings. The third-order valence-electron chi connectivity index (χ3n) is 3.06. The first kappa shape index (κ1) is 16.5. The van der Waals surface area contributed by atoms with Crippen LogP contribution < -0.4 is 10.1 Å². The molecule has 0 heterocycles. The Morgan fingerprint density at radius 2 is 1.82 bits per heavy atom. The largest absolute Gasteiger partial charge is 0.480 e. The Kier molecular flexibility index (Phi) is 5.19. The topological polar surface area (TPSA) is 38.3 Å². The van der Waals surface area contributed by atoms with Crippen molar-refractivity contribution >= 4 is 27.5 Å². The molecule has 1 unspecified atom stereocenters. The third kappa shape index (κ3) is 4.31. The van der Waals surface area contributed by atoms with Crippen LogP contribution in [0.3, 0.4) is 0 Å². The zero-order chi connectivity index (χ0) is 16.3. The lowest BCUT2D eigenvalue weighted by Crippen LogP contribution is -2.30. The number of amides is 1. The van der Waals surface area contributed by atoms with Crippen LogP contribution in [0.15, 0.2) is 40.9 Å². The van der Waals surface area contributed by atoms with E-state index in [4.69, 9.17) is 4.74 Å². The predicted octanol–water partition coefficient (Wildman–Crippen LogP) is 4.61. The molecule has 0 aliphatic rings. The van der Waals surface area contributed by atoms with Gasteiger partial charge in [-0.05, 0) is 78.2 Å². The van der Waals surface area contributed by atoms with Crippen molar-refractivity contribution in [3.63, 3.8) is 0 Å². The fourth-order valence-corrected chi connectivity index (χ4v) is 2.55. The zero-order valence-electron chi connectivity index (χ0n) is 12.6. The molecule has 5 heteroatoms. The summed E-state index contributed by atoms with van der Waals surface area (Å²) in [6.07, 6.45) is -0.706. The quantitative estimate of drug-likeness (QED) is 0.858. The van der Waals surface area contributed by atoms with Crippen molar-refractivity contribution in [1.29, 1.82) is 0 Å². The minimum atomic E-state index is -0.706. The van der Waals surface area contributed by atoms with Gasteiger partial charge in [-0.25, -0.2) is 4.39 Å². The Hall–Kier alpha value is -1.88. The molecule has 2 aromatic rings. The van der Waals surface area contributed by atoms with Gasteiger partial charge in [0.2, 0.25) is 0 Å². The average molecular weight is 366 g/mol. The van der Waals surface area contributed by atoms with E-state index in [2.05, 4.69) is 21.2 Å². The molecule has 2 rings (SSSR count). The first-order chi connectivity index (χ1) is 10.3. The number of carbonyl (C=O) groups excluding carboxylic acids is 1. The first-order valence-corrected chi connectivity index (χ1v) is 7.65. The molecule has 0 aliphatic heterocycles. The predicted molar refractivity (Wildman–Crippen MR) is 88.7 cm³/mol. The Morgan fingerprint density at radius 1 is 1.18 bits per heavy atom. The second-order valence-corrected chi connectivity index (χ2v) is 6.05. The molecular formula is C17H17BrFNO2. The summed E-state index contributed by atoms with van der Waals surface area (Å²) in [5.74, 6) is -0.211. The molecule has 0 radical (unpaired) electrons. The molecule has 1 N–H and O–H groups in total. The van der Waals surface area contributed by atoms with E-state index < -0.39 is 6.10 Å². The Balaban J connectivity index is 2.05.